The standard InChI is InChI=1S/C19H22ClFN2O3S/c1-14-5-8-16(20)12-18(14)23(27(2,25)26)11-3-4-19(24)22-13-15-6-9-17(21)10-7-15/h5-10,12H,3-4,11,13H2,1-2H3,(H,22,24). The third-order valence-electron chi connectivity index (χ3n) is 4.01. The lowest BCUT2D eigenvalue weighted by molar-refractivity contribution is -0.121. The number of anilines is 1. The Morgan fingerprint density at radius 1 is 1.19 bits per heavy atom. The number of aryl methyl sites for hydroxylation is 1. The minimum Gasteiger partial charge on any atom is -0.352 e. The molecule has 0 fully saturated rings. The number of hydrogen-bond donors (Lipinski definition) is 1. The third kappa shape index (κ3) is 6.52. The van der Waals surface area contributed by atoms with E-state index in [1.54, 1.807) is 37.3 Å². The summed E-state index contributed by atoms with van der Waals surface area (Å²) in [5.41, 5.74) is 2.08. The summed E-state index contributed by atoms with van der Waals surface area (Å²) in [4.78, 5) is 12.0. The summed E-state index contributed by atoms with van der Waals surface area (Å²) in [7, 11) is -3.51. The summed E-state index contributed by atoms with van der Waals surface area (Å²) in [6.07, 6.45) is 1.66. The minimum absolute atomic E-state index is 0.171. The average molecular weight is 413 g/mol. The zero-order valence-corrected chi connectivity index (χ0v) is 16.8. The number of amides is 1. The number of benzene rings is 2. The molecule has 2 aromatic rings. The zero-order chi connectivity index (χ0) is 20.0. The SMILES string of the molecule is Cc1ccc(Cl)cc1N(CCCC(=O)NCc1ccc(F)cc1)S(C)(=O)=O. The lowest BCUT2D eigenvalue weighted by Gasteiger charge is -2.24. The van der Waals surface area contributed by atoms with Crippen LogP contribution in [0.5, 0.6) is 0 Å². The number of carbonyl (C=O) groups excluding carboxylic acids is 1. The van der Waals surface area contributed by atoms with Gasteiger partial charge in [-0.2, -0.15) is 0 Å². The summed E-state index contributed by atoms with van der Waals surface area (Å²) < 4.78 is 38.5. The molecule has 0 saturated carbocycles. The normalized spacial score (nSPS) is 11.3. The molecule has 0 unspecified atom stereocenters. The van der Waals surface area contributed by atoms with Crippen LogP contribution < -0.4 is 9.62 Å². The van der Waals surface area contributed by atoms with Gasteiger partial charge < -0.3 is 5.32 Å². The van der Waals surface area contributed by atoms with E-state index in [4.69, 9.17) is 11.6 Å². The van der Waals surface area contributed by atoms with Crippen molar-refractivity contribution < 1.29 is 17.6 Å². The molecule has 5 nitrogen and oxygen atoms in total. The maximum Gasteiger partial charge on any atom is 0.232 e. The van der Waals surface area contributed by atoms with E-state index in [1.807, 2.05) is 0 Å². The van der Waals surface area contributed by atoms with Gasteiger partial charge in [0.1, 0.15) is 5.82 Å². The highest BCUT2D eigenvalue weighted by Gasteiger charge is 2.19. The van der Waals surface area contributed by atoms with Gasteiger partial charge in [0.2, 0.25) is 15.9 Å². The molecule has 27 heavy (non-hydrogen) atoms. The van der Waals surface area contributed by atoms with Gasteiger partial charge in [0.15, 0.2) is 0 Å². The van der Waals surface area contributed by atoms with Crippen molar-refractivity contribution in [1.82, 2.24) is 5.32 Å². The van der Waals surface area contributed by atoms with E-state index in [0.29, 0.717) is 23.7 Å². The Balaban J connectivity index is 1.92. The number of hydrogen-bond acceptors (Lipinski definition) is 3. The van der Waals surface area contributed by atoms with Crippen molar-refractivity contribution in [2.24, 2.45) is 0 Å². The third-order valence-corrected chi connectivity index (χ3v) is 5.42. The highest BCUT2D eigenvalue weighted by molar-refractivity contribution is 7.92. The van der Waals surface area contributed by atoms with Crippen LogP contribution in [0.1, 0.15) is 24.0 Å². The molecule has 0 atom stereocenters. The van der Waals surface area contributed by atoms with Gasteiger partial charge in [-0.15, -0.1) is 0 Å². The fourth-order valence-electron chi connectivity index (χ4n) is 2.59. The van der Waals surface area contributed by atoms with Gasteiger partial charge >= 0.3 is 0 Å². The van der Waals surface area contributed by atoms with Gasteiger partial charge in [0.25, 0.3) is 0 Å². The smallest absolute Gasteiger partial charge is 0.232 e. The first-order chi connectivity index (χ1) is 12.7. The van der Waals surface area contributed by atoms with E-state index in [1.165, 1.54) is 16.4 Å². The van der Waals surface area contributed by atoms with Crippen LogP contribution in [-0.2, 0) is 21.4 Å². The Morgan fingerprint density at radius 2 is 1.85 bits per heavy atom. The summed E-state index contributed by atoms with van der Waals surface area (Å²) in [6.45, 7) is 2.27. The molecule has 0 spiro atoms. The lowest BCUT2D eigenvalue weighted by atomic mass is 10.2. The Morgan fingerprint density at radius 3 is 2.48 bits per heavy atom. The molecule has 146 valence electrons. The number of nitrogens with zero attached hydrogens (tertiary/aromatic N) is 1. The quantitative estimate of drug-likeness (QED) is 0.719. The average Bonchev–Trinajstić information content (AvgIpc) is 2.59. The van der Waals surface area contributed by atoms with Crippen molar-refractivity contribution in [3.05, 3.63) is 64.4 Å². The van der Waals surface area contributed by atoms with E-state index < -0.39 is 10.0 Å². The Kier molecular flexibility index (Phi) is 7.21. The second kappa shape index (κ2) is 9.19. The van der Waals surface area contributed by atoms with Gasteiger partial charge in [-0.3, -0.25) is 9.10 Å². The van der Waals surface area contributed by atoms with Crippen LogP contribution in [0.2, 0.25) is 5.02 Å². The van der Waals surface area contributed by atoms with Crippen LogP contribution in [-0.4, -0.2) is 27.1 Å². The summed E-state index contributed by atoms with van der Waals surface area (Å²) >= 11 is 6.00. The van der Waals surface area contributed by atoms with Gasteiger partial charge in [-0.25, -0.2) is 12.8 Å². The first kappa shape index (κ1) is 21.2. The van der Waals surface area contributed by atoms with Crippen molar-refractivity contribution in [2.45, 2.75) is 26.3 Å². The molecule has 0 bridgehead atoms. The van der Waals surface area contributed by atoms with Gasteiger partial charge in [-0.1, -0.05) is 29.8 Å². The van der Waals surface area contributed by atoms with Crippen LogP contribution in [0.4, 0.5) is 10.1 Å². The van der Waals surface area contributed by atoms with Gasteiger partial charge in [0, 0.05) is 24.5 Å². The fourth-order valence-corrected chi connectivity index (χ4v) is 3.77. The van der Waals surface area contributed by atoms with E-state index in [-0.39, 0.29) is 24.7 Å². The van der Waals surface area contributed by atoms with Crippen molar-refractivity contribution in [1.29, 1.82) is 0 Å². The minimum atomic E-state index is -3.51. The second-order valence-corrected chi connectivity index (χ2v) is 8.62. The molecule has 2 aromatic carbocycles. The molecule has 0 saturated heterocycles. The van der Waals surface area contributed by atoms with Gasteiger partial charge in [-0.05, 0) is 48.7 Å². The first-order valence-corrected chi connectivity index (χ1v) is 10.6. The predicted octanol–water partition coefficient (Wildman–Crippen LogP) is 3.65. The van der Waals surface area contributed by atoms with E-state index >= 15 is 0 Å². The molecule has 0 aliphatic heterocycles. The molecular weight excluding hydrogens is 391 g/mol. The predicted molar refractivity (Wildman–Crippen MR) is 106 cm³/mol. The number of nitrogens with one attached hydrogen (secondary N) is 1. The van der Waals surface area contributed by atoms with Gasteiger partial charge in [0.05, 0.1) is 11.9 Å². The van der Waals surface area contributed by atoms with Crippen LogP contribution in [0, 0.1) is 12.7 Å². The molecule has 8 heteroatoms. The number of halogens is 2. The first-order valence-electron chi connectivity index (χ1n) is 8.42. The highest BCUT2D eigenvalue weighted by atomic mass is 35.5. The summed E-state index contributed by atoms with van der Waals surface area (Å²) in [5, 5.41) is 3.19. The molecule has 1 N–H and O–H groups in total. The fraction of sp³-hybridized carbons (Fsp3) is 0.316. The van der Waals surface area contributed by atoms with Crippen LogP contribution in [0.25, 0.3) is 0 Å². The largest absolute Gasteiger partial charge is 0.352 e. The Labute approximate surface area is 164 Å². The van der Waals surface area contributed by atoms with E-state index in [9.17, 15) is 17.6 Å². The van der Waals surface area contributed by atoms with Crippen molar-refractivity contribution in [2.75, 3.05) is 17.1 Å². The van der Waals surface area contributed by atoms with Crippen molar-refractivity contribution >= 4 is 33.2 Å². The summed E-state index contributed by atoms with van der Waals surface area (Å²) in [5.74, 6) is -0.530. The van der Waals surface area contributed by atoms with Crippen LogP contribution in [0.3, 0.4) is 0 Å². The topological polar surface area (TPSA) is 66.5 Å². The van der Waals surface area contributed by atoms with Crippen LogP contribution >= 0.6 is 11.6 Å². The molecule has 0 aliphatic rings. The monoisotopic (exact) mass is 412 g/mol. The molecule has 0 aromatic heterocycles. The van der Waals surface area contributed by atoms with E-state index in [2.05, 4.69) is 5.32 Å². The highest BCUT2D eigenvalue weighted by Crippen LogP contribution is 2.26. The maximum atomic E-state index is 12.9. The molecule has 0 radical (unpaired) electrons. The second-order valence-electron chi connectivity index (χ2n) is 6.27. The molecular formula is C19H22ClFN2O3S. The van der Waals surface area contributed by atoms with E-state index in [0.717, 1.165) is 17.4 Å². The van der Waals surface area contributed by atoms with Crippen molar-refractivity contribution in [3.63, 3.8) is 0 Å². The van der Waals surface area contributed by atoms with Crippen molar-refractivity contribution in [3.8, 4) is 0 Å². The molecule has 2 rings (SSSR count). The number of rotatable bonds is 8. The molecule has 1 amide bonds. The molecule has 0 aliphatic carbocycles. The Hall–Kier alpha value is -2.12. The zero-order valence-electron chi connectivity index (χ0n) is 15.2. The number of sulfonamides is 1. The van der Waals surface area contributed by atoms with Crippen LogP contribution in [0.15, 0.2) is 42.5 Å². The number of carbonyl (C=O) groups is 1. The molecule has 0 heterocycles. The summed E-state index contributed by atoms with van der Waals surface area (Å²) in [6, 6.07) is 10.9. The lowest BCUT2D eigenvalue weighted by Crippen LogP contribution is -2.32. The Bertz CT molecular complexity index is 902. The maximum absolute atomic E-state index is 12.9.